The molecule has 1 aliphatic heterocycles. The maximum atomic E-state index is 12.4. The molecule has 11 nitrogen and oxygen atoms in total. The summed E-state index contributed by atoms with van der Waals surface area (Å²) < 4.78 is 22.3. The SMILES string of the molecule is CCOC(=O)COc1ccnc(C)c1C1=CCC(OCC2C(NC(=O)OC(C)(C)C)CCCN2C(=O)O)CC1. The van der Waals surface area contributed by atoms with E-state index in [0.29, 0.717) is 44.6 Å². The molecular formula is C28H41N3O8. The van der Waals surface area contributed by atoms with Gasteiger partial charge in [0.05, 0.1) is 31.4 Å². The van der Waals surface area contributed by atoms with Gasteiger partial charge < -0.3 is 34.3 Å². The summed E-state index contributed by atoms with van der Waals surface area (Å²) in [5, 5.41) is 12.6. The number of esters is 1. The van der Waals surface area contributed by atoms with Crippen LogP contribution in [0.5, 0.6) is 5.75 Å². The first-order valence-corrected chi connectivity index (χ1v) is 13.5. The van der Waals surface area contributed by atoms with E-state index in [1.165, 1.54) is 4.90 Å². The number of nitrogens with zero attached hydrogens (tertiary/aromatic N) is 2. The lowest BCUT2D eigenvalue weighted by Crippen LogP contribution is -2.59. The zero-order valence-electron chi connectivity index (χ0n) is 23.5. The fraction of sp³-hybridized carbons (Fsp3) is 0.643. The summed E-state index contributed by atoms with van der Waals surface area (Å²) >= 11 is 0. The maximum absolute atomic E-state index is 12.4. The van der Waals surface area contributed by atoms with E-state index in [1.807, 2.05) is 6.92 Å². The van der Waals surface area contributed by atoms with Gasteiger partial charge in [-0.25, -0.2) is 14.4 Å². The topological polar surface area (TPSA) is 137 Å². The second-order valence-corrected chi connectivity index (χ2v) is 10.8. The summed E-state index contributed by atoms with van der Waals surface area (Å²) in [6, 6.07) is 0.820. The summed E-state index contributed by atoms with van der Waals surface area (Å²) in [6.45, 7) is 9.66. The molecule has 0 saturated carbocycles. The fourth-order valence-electron chi connectivity index (χ4n) is 4.94. The lowest BCUT2D eigenvalue weighted by Gasteiger charge is -2.40. The van der Waals surface area contributed by atoms with Crippen LogP contribution >= 0.6 is 0 Å². The third-order valence-corrected chi connectivity index (χ3v) is 6.67. The second-order valence-electron chi connectivity index (χ2n) is 10.8. The molecule has 0 bridgehead atoms. The highest BCUT2D eigenvalue weighted by molar-refractivity contribution is 5.74. The molecule has 0 radical (unpaired) electrons. The molecule has 11 heteroatoms. The van der Waals surface area contributed by atoms with Gasteiger partial charge >= 0.3 is 18.2 Å². The molecule has 2 heterocycles. The van der Waals surface area contributed by atoms with Gasteiger partial charge in [-0.2, -0.15) is 0 Å². The summed E-state index contributed by atoms with van der Waals surface area (Å²) in [4.78, 5) is 41.9. The van der Waals surface area contributed by atoms with Gasteiger partial charge in [-0.1, -0.05) is 6.08 Å². The van der Waals surface area contributed by atoms with E-state index in [2.05, 4.69) is 16.4 Å². The minimum atomic E-state index is -1.03. The first kappa shape index (κ1) is 30.2. The summed E-state index contributed by atoms with van der Waals surface area (Å²) in [5.74, 6) is 0.151. The Hall–Kier alpha value is -3.34. The lowest BCUT2D eigenvalue weighted by molar-refractivity contribution is -0.145. The molecule has 216 valence electrons. The average molecular weight is 548 g/mol. The number of carbonyl (C=O) groups excluding carboxylic acids is 2. The van der Waals surface area contributed by atoms with Crippen molar-refractivity contribution in [2.24, 2.45) is 0 Å². The molecule has 3 atom stereocenters. The zero-order chi connectivity index (χ0) is 28.6. The summed E-state index contributed by atoms with van der Waals surface area (Å²) in [6.07, 6.45) is 5.37. The molecule has 2 amide bonds. The zero-order valence-corrected chi connectivity index (χ0v) is 23.5. The van der Waals surface area contributed by atoms with E-state index in [-0.39, 0.29) is 19.3 Å². The third-order valence-electron chi connectivity index (χ3n) is 6.67. The van der Waals surface area contributed by atoms with Gasteiger partial charge in [0.25, 0.3) is 0 Å². The number of nitrogens with one attached hydrogen (secondary N) is 1. The maximum Gasteiger partial charge on any atom is 0.407 e. The van der Waals surface area contributed by atoms with Crippen molar-refractivity contribution >= 4 is 23.7 Å². The van der Waals surface area contributed by atoms with Gasteiger partial charge in [-0.15, -0.1) is 0 Å². The quantitative estimate of drug-likeness (QED) is 0.433. The number of alkyl carbamates (subject to hydrolysis) is 1. The molecule has 3 unspecified atom stereocenters. The molecule has 39 heavy (non-hydrogen) atoms. The molecule has 1 fully saturated rings. The van der Waals surface area contributed by atoms with Crippen molar-refractivity contribution in [1.29, 1.82) is 0 Å². The number of carboxylic acid groups (broad SMARTS) is 1. The monoisotopic (exact) mass is 547 g/mol. The number of rotatable bonds is 9. The second kappa shape index (κ2) is 13.6. The molecule has 3 rings (SSSR count). The van der Waals surface area contributed by atoms with E-state index in [1.54, 1.807) is 40.0 Å². The number of aromatic nitrogens is 1. The molecule has 1 aromatic rings. The smallest absolute Gasteiger partial charge is 0.407 e. The summed E-state index contributed by atoms with van der Waals surface area (Å²) in [5.41, 5.74) is 2.08. The van der Waals surface area contributed by atoms with Gasteiger partial charge in [0, 0.05) is 24.0 Å². The Balaban J connectivity index is 1.64. The number of aryl methyl sites for hydroxylation is 1. The van der Waals surface area contributed by atoms with E-state index >= 15 is 0 Å². The van der Waals surface area contributed by atoms with Crippen molar-refractivity contribution in [3.8, 4) is 5.75 Å². The van der Waals surface area contributed by atoms with Crippen molar-refractivity contribution < 1.29 is 38.4 Å². The minimum Gasteiger partial charge on any atom is -0.481 e. The van der Waals surface area contributed by atoms with E-state index in [4.69, 9.17) is 18.9 Å². The number of pyridine rings is 1. The van der Waals surface area contributed by atoms with E-state index in [9.17, 15) is 19.5 Å². The van der Waals surface area contributed by atoms with E-state index < -0.39 is 35.8 Å². The Morgan fingerprint density at radius 1 is 1.23 bits per heavy atom. The predicted molar refractivity (Wildman–Crippen MR) is 144 cm³/mol. The van der Waals surface area contributed by atoms with E-state index in [0.717, 1.165) is 23.3 Å². The van der Waals surface area contributed by atoms with Gasteiger partial charge in [0.15, 0.2) is 6.61 Å². The molecule has 1 aromatic heterocycles. The number of allylic oxidation sites excluding steroid dienone is 1. The average Bonchev–Trinajstić information content (AvgIpc) is 2.86. The van der Waals surface area contributed by atoms with Crippen LogP contribution in [0.4, 0.5) is 9.59 Å². The van der Waals surface area contributed by atoms with Crippen LogP contribution in [-0.2, 0) is 19.0 Å². The first-order valence-electron chi connectivity index (χ1n) is 13.5. The van der Waals surface area contributed by atoms with Crippen LogP contribution in [0.1, 0.15) is 71.1 Å². The minimum absolute atomic E-state index is 0.102. The van der Waals surface area contributed by atoms with Crippen molar-refractivity contribution in [3.63, 3.8) is 0 Å². The normalized spacial score (nSPS) is 21.5. The molecule has 1 aliphatic carbocycles. The molecule has 1 saturated heterocycles. The molecule has 0 aromatic carbocycles. The molecule has 2 aliphatic rings. The van der Waals surface area contributed by atoms with Gasteiger partial charge in [-0.05, 0) is 78.4 Å². The van der Waals surface area contributed by atoms with Gasteiger partial charge in [-0.3, -0.25) is 4.98 Å². The van der Waals surface area contributed by atoms with Crippen molar-refractivity contribution in [2.75, 3.05) is 26.4 Å². The highest BCUT2D eigenvalue weighted by Crippen LogP contribution is 2.35. The largest absolute Gasteiger partial charge is 0.481 e. The molecular weight excluding hydrogens is 506 g/mol. The van der Waals surface area contributed by atoms with Crippen LogP contribution in [0.2, 0.25) is 0 Å². The predicted octanol–water partition coefficient (Wildman–Crippen LogP) is 4.32. The number of likely N-dealkylation sites (tertiary alicyclic amines) is 1. The van der Waals surface area contributed by atoms with Crippen LogP contribution in [0, 0.1) is 6.92 Å². The van der Waals surface area contributed by atoms with Crippen molar-refractivity contribution in [2.45, 2.75) is 90.5 Å². The number of hydrogen-bond acceptors (Lipinski definition) is 8. The van der Waals surface area contributed by atoms with Crippen LogP contribution in [-0.4, -0.2) is 83.3 Å². The number of carbonyl (C=O) groups is 3. The number of amides is 2. The Kier molecular flexibility index (Phi) is 10.6. The van der Waals surface area contributed by atoms with Gasteiger partial charge in [0.1, 0.15) is 11.4 Å². The molecule has 0 spiro atoms. The Bertz CT molecular complexity index is 1050. The van der Waals surface area contributed by atoms with Crippen LogP contribution < -0.4 is 10.1 Å². The molecule has 2 N–H and O–H groups in total. The van der Waals surface area contributed by atoms with Crippen LogP contribution in [0.15, 0.2) is 18.3 Å². The highest BCUT2D eigenvalue weighted by Gasteiger charge is 2.37. The Morgan fingerprint density at radius 2 is 2.00 bits per heavy atom. The Morgan fingerprint density at radius 3 is 2.64 bits per heavy atom. The number of piperidine rings is 1. The standard InChI is InChI=1S/C28H41N3O8/c1-6-36-24(32)17-38-23-13-14-29-18(2)25(23)19-9-11-20(12-10-19)37-16-22-21(8-7-15-31(22)27(34)35)30-26(33)39-28(3,4)5/h9,13-14,20-22H,6-8,10-12,15-17H2,1-5H3,(H,30,33)(H,34,35). The number of ether oxygens (including phenoxy) is 4. The summed E-state index contributed by atoms with van der Waals surface area (Å²) in [7, 11) is 0. The third kappa shape index (κ3) is 8.84. The highest BCUT2D eigenvalue weighted by atomic mass is 16.6. The van der Waals surface area contributed by atoms with Crippen LogP contribution in [0.3, 0.4) is 0 Å². The Labute approximate surface area is 229 Å². The first-order chi connectivity index (χ1) is 18.5. The van der Waals surface area contributed by atoms with Gasteiger partial charge in [0.2, 0.25) is 0 Å². The lowest BCUT2D eigenvalue weighted by atomic mass is 9.90. The number of hydrogen-bond donors (Lipinski definition) is 2. The van der Waals surface area contributed by atoms with Crippen LogP contribution in [0.25, 0.3) is 5.57 Å². The van der Waals surface area contributed by atoms with Crippen molar-refractivity contribution in [1.82, 2.24) is 15.2 Å². The van der Waals surface area contributed by atoms with Crippen molar-refractivity contribution in [3.05, 3.63) is 29.6 Å². The fourth-order valence-corrected chi connectivity index (χ4v) is 4.94.